The van der Waals surface area contributed by atoms with Crippen molar-refractivity contribution >= 4 is 0 Å². The summed E-state index contributed by atoms with van der Waals surface area (Å²) in [4.78, 5) is 4.60. The summed E-state index contributed by atoms with van der Waals surface area (Å²) in [6.45, 7) is 6.86. The standard InChI is InChI=1S/C16H22F3N3O/c17-16(18,19)14-3-1-13(2-4-14)12-21-6-8-22(9-7-21)15-11-20-5-10-23-15/h1-4,15,20H,5-12H2. The summed E-state index contributed by atoms with van der Waals surface area (Å²) in [5.74, 6) is 0. The Morgan fingerprint density at radius 2 is 1.78 bits per heavy atom. The van der Waals surface area contributed by atoms with Gasteiger partial charge in [0.15, 0.2) is 0 Å². The summed E-state index contributed by atoms with van der Waals surface area (Å²) in [5.41, 5.74) is 0.329. The fraction of sp³-hybridized carbons (Fsp3) is 0.625. The van der Waals surface area contributed by atoms with Gasteiger partial charge in [-0.2, -0.15) is 13.2 Å². The van der Waals surface area contributed by atoms with Crippen LogP contribution in [-0.2, 0) is 17.5 Å². The minimum absolute atomic E-state index is 0.150. The lowest BCUT2D eigenvalue weighted by Crippen LogP contribution is -2.55. The van der Waals surface area contributed by atoms with Crippen LogP contribution in [0.5, 0.6) is 0 Å². The van der Waals surface area contributed by atoms with Crippen LogP contribution in [0.4, 0.5) is 13.2 Å². The van der Waals surface area contributed by atoms with Gasteiger partial charge in [-0.05, 0) is 17.7 Å². The van der Waals surface area contributed by atoms with Crippen molar-refractivity contribution in [3.63, 3.8) is 0 Å². The Kier molecular flexibility index (Phi) is 5.21. The molecule has 0 bridgehead atoms. The third-order valence-corrected chi connectivity index (χ3v) is 4.41. The van der Waals surface area contributed by atoms with E-state index in [-0.39, 0.29) is 6.23 Å². The van der Waals surface area contributed by atoms with Crippen LogP contribution in [0.1, 0.15) is 11.1 Å². The van der Waals surface area contributed by atoms with Crippen LogP contribution in [0.2, 0.25) is 0 Å². The normalized spacial score (nSPS) is 24.7. The van der Waals surface area contributed by atoms with E-state index < -0.39 is 11.7 Å². The topological polar surface area (TPSA) is 27.7 Å². The van der Waals surface area contributed by atoms with Crippen LogP contribution in [0.3, 0.4) is 0 Å². The summed E-state index contributed by atoms with van der Waals surface area (Å²) >= 11 is 0. The van der Waals surface area contributed by atoms with Crippen LogP contribution in [0.25, 0.3) is 0 Å². The number of alkyl halides is 3. The molecular weight excluding hydrogens is 307 g/mol. The zero-order valence-electron chi connectivity index (χ0n) is 13.0. The van der Waals surface area contributed by atoms with E-state index in [2.05, 4.69) is 15.1 Å². The molecule has 23 heavy (non-hydrogen) atoms. The number of hydrogen-bond donors (Lipinski definition) is 1. The Morgan fingerprint density at radius 3 is 2.35 bits per heavy atom. The molecule has 1 aromatic rings. The summed E-state index contributed by atoms with van der Waals surface area (Å²) in [5, 5.41) is 3.33. The highest BCUT2D eigenvalue weighted by molar-refractivity contribution is 5.24. The van der Waals surface area contributed by atoms with Crippen LogP contribution in [0, 0.1) is 0 Å². The quantitative estimate of drug-likeness (QED) is 0.915. The molecule has 0 aliphatic carbocycles. The molecule has 2 heterocycles. The average molecular weight is 329 g/mol. The van der Waals surface area contributed by atoms with Crippen molar-refractivity contribution in [3.8, 4) is 0 Å². The van der Waals surface area contributed by atoms with E-state index >= 15 is 0 Å². The van der Waals surface area contributed by atoms with Gasteiger partial charge in [-0.15, -0.1) is 0 Å². The molecule has 4 nitrogen and oxygen atoms in total. The van der Waals surface area contributed by atoms with Gasteiger partial charge in [0, 0.05) is 45.8 Å². The molecule has 0 aromatic heterocycles. The van der Waals surface area contributed by atoms with E-state index in [0.717, 1.165) is 63.6 Å². The molecule has 1 N–H and O–H groups in total. The summed E-state index contributed by atoms with van der Waals surface area (Å²) in [6.07, 6.45) is -4.12. The van der Waals surface area contributed by atoms with Gasteiger partial charge >= 0.3 is 6.18 Å². The maximum Gasteiger partial charge on any atom is 0.416 e. The molecule has 1 unspecified atom stereocenters. The molecule has 1 atom stereocenters. The summed E-state index contributed by atoms with van der Waals surface area (Å²) < 4.78 is 43.4. The lowest BCUT2D eigenvalue weighted by Gasteiger charge is -2.40. The second-order valence-corrected chi connectivity index (χ2v) is 6.04. The first-order chi connectivity index (χ1) is 11.0. The molecule has 0 radical (unpaired) electrons. The zero-order chi connectivity index (χ0) is 16.3. The van der Waals surface area contributed by atoms with E-state index in [4.69, 9.17) is 4.74 Å². The van der Waals surface area contributed by atoms with Gasteiger partial charge in [-0.25, -0.2) is 0 Å². The van der Waals surface area contributed by atoms with Gasteiger partial charge in [0.05, 0.1) is 12.2 Å². The van der Waals surface area contributed by atoms with E-state index in [1.807, 2.05) is 0 Å². The monoisotopic (exact) mass is 329 g/mol. The van der Waals surface area contributed by atoms with Crippen molar-refractivity contribution < 1.29 is 17.9 Å². The smallest absolute Gasteiger partial charge is 0.360 e. The molecule has 2 aliphatic heterocycles. The first kappa shape index (κ1) is 16.7. The van der Waals surface area contributed by atoms with Crippen molar-refractivity contribution in [3.05, 3.63) is 35.4 Å². The zero-order valence-corrected chi connectivity index (χ0v) is 13.0. The van der Waals surface area contributed by atoms with Crippen LogP contribution >= 0.6 is 0 Å². The van der Waals surface area contributed by atoms with E-state index in [1.54, 1.807) is 12.1 Å². The lowest BCUT2D eigenvalue weighted by molar-refractivity contribution is -0.137. The SMILES string of the molecule is FC(F)(F)c1ccc(CN2CCN(C3CNCCO3)CC2)cc1. The number of ether oxygens (including phenoxy) is 1. The van der Waals surface area contributed by atoms with Gasteiger partial charge in [0.2, 0.25) is 0 Å². The molecule has 0 saturated carbocycles. The van der Waals surface area contributed by atoms with Crippen molar-refractivity contribution in [2.45, 2.75) is 18.9 Å². The lowest BCUT2D eigenvalue weighted by atomic mass is 10.1. The van der Waals surface area contributed by atoms with Crippen molar-refractivity contribution in [2.24, 2.45) is 0 Å². The van der Waals surface area contributed by atoms with E-state index in [0.29, 0.717) is 6.54 Å². The fourth-order valence-electron chi connectivity index (χ4n) is 3.05. The number of rotatable bonds is 3. The molecule has 2 aliphatic rings. The van der Waals surface area contributed by atoms with Gasteiger partial charge < -0.3 is 10.1 Å². The molecule has 0 spiro atoms. The third kappa shape index (κ3) is 4.44. The Balaban J connectivity index is 1.48. The maximum absolute atomic E-state index is 12.6. The minimum atomic E-state index is -4.27. The van der Waals surface area contributed by atoms with Crippen molar-refractivity contribution in [2.75, 3.05) is 45.9 Å². The first-order valence-electron chi connectivity index (χ1n) is 7.97. The fourth-order valence-corrected chi connectivity index (χ4v) is 3.05. The predicted octanol–water partition coefficient (Wildman–Crippen LogP) is 1.77. The molecular formula is C16H22F3N3O. The molecule has 2 saturated heterocycles. The van der Waals surface area contributed by atoms with Gasteiger partial charge in [0.1, 0.15) is 6.23 Å². The highest BCUT2D eigenvalue weighted by atomic mass is 19.4. The molecule has 128 valence electrons. The second-order valence-electron chi connectivity index (χ2n) is 6.04. The molecule has 0 amide bonds. The summed E-state index contributed by atoms with van der Waals surface area (Å²) in [6, 6.07) is 5.47. The van der Waals surface area contributed by atoms with Crippen molar-refractivity contribution in [1.82, 2.24) is 15.1 Å². The Hall–Kier alpha value is -1.15. The molecule has 2 fully saturated rings. The number of benzene rings is 1. The maximum atomic E-state index is 12.6. The third-order valence-electron chi connectivity index (χ3n) is 4.41. The summed E-state index contributed by atoms with van der Waals surface area (Å²) in [7, 11) is 0. The average Bonchev–Trinajstić information content (AvgIpc) is 2.56. The highest BCUT2D eigenvalue weighted by Gasteiger charge is 2.30. The number of hydrogen-bond acceptors (Lipinski definition) is 4. The largest absolute Gasteiger partial charge is 0.416 e. The molecule has 3 rings (SSSR count). The second kappa shape index (κ2) is 7.17. The first-order valence-corrected chi connectivity index (χ1v) is 7.97. The van der Waals surface area contributed by atoms with Crippen LogP contribution in [-0.4, -0.2) is 61.9 Å². The van der Waals surface area contributed by atoms with E-state index in [1.165, 1.54) is 0 Å². The number of halogens is 3. The Morgan fingerprint density at radius 1 is 1.09 bits per heavy atom. The van der Waals surface area contributed by atoms with Crippen molar-refractivity contribution in [1.29, 1.82) is 0 Å². The van der Waals surface area contributed by atoms with Gasteiger partial charge in [0.25, 0.3) is 0 Å². The van der Waals surface area contributed by atoms with Crippen LogP contribution in [0.15, 0.2) is 24.3 Å². The number of morpholine rings is 1. The predicted molar refractivity (Wildman–Crippen MR) is 80.9 cm³/mol. The molecule has 7 heteroatoms. The molecule has 1 aromatic carbocycles. The van der Waals surface area contributed by atoms with Gasteiger partial charge in [-0.1, -0.05) is 12.1 Å². The Labute approximate surface area is 134 Å². The Bertz CT molecular complexity index is 492. The van der Waals surface area contributed by atoms with E-state index in [9.17, 15) is 13.2 Å². The van der Waals surface area contributed by atoms with Crippen LogP contribution < -0.4 is 5.32 Å². The number of nitrogens with zero attached hydrogens (tertiary/aromatic N) is 2. The number of piperazine rings is 1. The minimum Gasteiger partial charge on any atom is -0.360 e. The van der Waals surface area contributed by atoms with Gasteiger partial charge in [-0.3, -0.25) is 9.80 Å². The number of nitrogens with one attached hydrogen (secondary N) is 1. The highest BCUT2D eigenvalue weighted by Crippen LogP contribution is 2.29.